The van der Waals surface area contributed by atoms with Crippen molar-refractivity contribution in [1.29, 1.82) is 0 Å². The highest BCUT2D eigenvalue weighted by Gasteiger charge is 2.57. The average molecular weight is 519 g/mol. The Hall–Kier alpha value is -4.78. The van der Waals surface area contributed by atoms with E-state index in [9.17, 15) is 9.59 Å². The molecule has 3 heterocycles. The number of aryl methyl sites for hydroxylation is 2. The van der Waals surface area contributed by atoms with Crippen molar-refractivity contribution in [3.05, 3.63) is 112 Å². The maximum absolute atomic E-state index is 14.3. The summed E-state index contributed by atoms with van der Waals surface area (Å²) < 4.78 is 17.2. The summed E-state index contributed by atoms with van der Waals surface area (Å²) in [5.74, 6) is 1.62. The SMILES string of the molecule is Cc1ccc(NC(=O)c2cccc(CN3C(=O)C4(COc5cc6c(cc54)OCO6)c4ccccc43)c2)c(C)c1. The van der Waals surface area contributed by atoms with Gasteiger partial charge in [0.2, 0.25) is 12.7 Å². The molecule has 1 unspecified atom stereocenters. The van der Waals surface area contributed by atoms with Gasteiger partial charge >= 0.3 is 0 Å². The van der Waals surface area contributed by atoms with Crippen molar-refractivity contribution < 1.29 is 23.8 Å². The van der Waals surface area contributed by atoms with Crippen LogP contribution in [0.2, 0.25) is 0 Å². The third kappa shape index (κ3) is 3.57. The van der Waals surface area contributed by atoms with Gasteiger partial charge in [0.05, 0.1) is 6.54 Å². The lowest BCUT2D eigenvalue weighted by atomic mass is 9.77. The fourth-order valence-electron chi connectivity index (χ4n) is 5.86. The van der Waals surface area contributed by atoms with Crippen molar-refractivity contribution in [2.75, 3.05) is 23.6 Å². The predicted molar refractivity (Wildman–Crippen MR) is 147 cm³/mol. The topological polar surface area (TPSA) is 77.1 Å². The number of ether oxygens (including phenoxy) is 3. The van der Waals surface area contributed by atoms with E-state index < -0.39 is 5.41 Å². The monoisotopic (exact) mass is 518 g/mol. The quantitative estimate of drug-likeness (QED) is 0.386. The molecule has 0 aromatic heterocycles. The number of carbonyl (C=O) groups is 2. The summed E-state index contributed by atoms with van der Waals surface area (Å²) in [6.07, 6.45) is 0. The Bertz CT molecular complexity index is 1680. The van der Waals surface area contributed by atoms with E-state index >= 15 is 0 Å². The third-order valence-electron chi connectivity index (χ3n) is 7.80. The molecule has 4 aromatic carbocycles. The number of amides is 2. The van der Waals surface area contributed by atoms with Crippen molar-refractivity contribution in [1.82, 2.24) is 0 Å². The van der Waals surface area contributed by atoms with Gasteiger partial charge < -0.3 is 24.4 Å². The zero-order valence-corrected chi connectivity index (χ0v) is 21.6. The first kappa shape index (κ1) is 23.3. The van der Waals surface area contributed by atoms with Gasteiger partial charge in [0.25, 0.3) is 5.91 Å². The first-order chi connectivity index (χ1) is 18.9. The Kier molecular flexibility index (Phi) is 5.17. The van der Waals surface area contributed by atoms with Gasteiger partial charge in [-0.1, -0.05) is 48.0 Å². The molecule has 0 aliphatic carbocycles. The van der Waals surface area contributed by atoms with E-state index in [0.717, 1.165) is 39.2 Å². The molecular formula is C32H26N2O5. The molecule has 7 rings (SSSR count). The van der Waals surface area contributed by atoms with Crippen LogP contribution in [0.3, 0.4) is 0 Å². The summed E-state index contributed by atoms with van der Waals surface area (Å²) in [6, 6.07) is 24.9. The minimum absolute atomic E-state index is 0.0635. The van der Waals surface area contributed by atoms with Gasteiger partial charge in [-0.3, -0.25) is 9.59 Å². The van der Waals surface area contributed by atoms with E-state index in [2.05, 4.69) is 5.32 Å². The van der Waals surface area contributed by atoms with Crippen molar-refractivity contribution >= 4 is 23.2 Å². The predicted octanol–water partition coefficient (Wildman–Crippen LogP) is 5.51. The minimum Gasteiger partial charge on any atom is -0.491 e. The molecule has 2 amide bonds. The molecule has 194 valence electrons. The summed E-state index contributed by atoms with van der Waals surface area (Å²) in [4.78, 5) is 29.2. The summed E-state index contributed by atoms with van der Waals surface area (Å²) in [6.45, 7) is 4.67. The number of hydrogen-bond donors (Lipinski definition) is 1. The Labute approximate surface area is 225 Å². The van der Waals surface area contributed by atoms with Gasteiger partial charge in [-0.15, -0.1) is 0 Å². The van der Waals surface area contributed by atoms with E-state index in [4.69, 9.17) is 14.2 Å². The molecular weight excluding hydrogens is 492 g/mol. The van der Waals surface area contributed by atoms with E-state index in [1.807, 2.05) is 86.6 Å². The van der Waals surface area contributed by atoms with Gasteiger partial charge in [0.15, 0.2) is 11.5 Å². The van der Waals surface area contributed by atoms with Crippen LogP contribution in [0.4, 0.5) is 11.4 Å². The van der Waals surface area contributed by atoms with Gasteiger partial charge in [-0.25, -0.2) is 0 Å². The summed E-state index contributed by atoms with van der Waals surface area (Å²) in [5, 5.41) is 3.01. The maximum atomic E-state index is 14.3. The highest BCUT2D eigenvalue weighted by atomic mass is 16.7. The molecule has 7 nitrogen and oxygen atoms in total. The summed E-state index contributed by atoms with van der Waals surface area (Å²) in [7, 11) is 0. The van der Waals surface area contributed by atoms with Crippen LogP contribution in [-0.4, -0.2) is 25.2 Å². The first-order valence-corrected chi connectivity index (χ1v) is 12.9. The number of nitrogens with zero attached hydrogens (tertiary/aromatic N) is 1. The number of carbonyl (C=O) groups excluding carboxylic acids is 2. The van der Waals surface area contributed by atoms with Crippen molar-refractivity contribution in [2.45, 2.75) is 25.8 Å². The van der Waals surface area contributed by atoms with Crippen LogP contribution in [-0.2, 0) is 16.8 Å². The average Bonchev–Trinajstić information content (AvgIpc) is 3.62. The number of para-hydroxylation sites is 1. The Morgan fingerprint density at radius 3 is 2.54 bits per heavy atom. The lowest BCUT2D eigenvalue weighted by molar-refractivity contribution is -0.122. The Morgan fingerprint density at radius 2 is 1.69 bits per heavy atom. The molecule has 0 bridgehead atoms. The maximum Gasteiger partial charge on any atom is 0.255 e. The Balaban J connectivity index is 1.21. The van der Waals surface area contributed by atoms with Crippen molar-refractivity contribution in [2.24, 2.45) is 0 Å². The molecule has 1 atom stereocenters. The number of fused-ring (bicyclic) bond motifs is 5. The van der Waals surface area contributed by atoms with E-state index in [1.54, 1.807) is 11.0 Å². The second kappa shape index (κ2) is 8.63. The largest absolute Gasteiger partial charge is 0.491 e. The highest BCUT2D eigenvalue weighted by Crippen LogP contribution is 2.55. The van der Waals surface area contributed by atoms with Crippen LogP contribution in [0.15, 0.2) is 78.9 Å². The summed E-state index contributed by atoms with van der Waals surface area (Å²) in [5.41, 5.74) is 5.86. The number of hydrogen-bond acceptors (Lipinski definition) is 5. The molecule has 3 aliphatic heterocycles. The summed E-state index contributed by atoms with van der Waals surface area (Å²) >= 11 is 0. The van der Waals surface area contributed by atoms with Crippen LogP contribution >= 0.6 is 0 Å². The molecule has 3 aliphatic rings. The van der Waals surface area contributed by atoms with E-state index in [1.165, 1.54) is 0 Å². The second-order valence-corrected chi connectivity index (χ2v) is 10.3. The van der Waals surface area contributed by atoms with Crippen LogP contribution < -0.4 is 24.4 Å². The van der Waals surface area contributed by atoms with Crippen LogP contribution in [0.5, 0.6) is 17.2 Å². The number of nitrogens with one attached hydrogen (secondary N) is 1. The zero-order valence-electron chi connectivity index (χ0n) is 21.6. The van der Waals surface area contributed by atoms with Crippen LogP contribution in [0.1, 0.15) is 38.2 Å². The van der Waals surface area contributed by atoms with Crippen molar-refractivity contribution in [3.8, 4) is 17.2 Å². The standard InChI is InChI=1S/C32H26N2O5/c1-19-10-11-25(20(2)12-19)33-30(35)22-7-5-6-21(13-22)16-34-26-9-4-3-8-23(26)32(31(34)36)17-37-27-15-29-28(14-24(27)32)38-18-39-29/h3-15H,16-18H2,1-2H3,(H,33,35). The highest BCUT2D eigenvalue weighted by molar-refractivity contribution is 6.11. The Morgan fingerprint density at radius 1 is 0.872 bits per heavy atom. The van der Waals surface area contributed by atoms with Crippen LogP contribution in [0, 0.1) is 13.8 Å². The first-order valence-electron chi connectivity index (χ1n) is 12.9. The molecule has 4 aromatic rings. The molecule has 1 spiro atoms. The van der Waals surface area contributed by atoms with Gasteiger partial charge in [0.1, 0.15) is 17.8 Å². The number of benzene rings is 4. The fourth-order valence-corrected chi connectivity index (χ4v) is 5.86. The number of rotatable bonds is 4. The minimum atomic E-state index is -0.967. The smallest absolute Gasteiger partial charge is 0.255 e. The lowest BCUT2D eigenvalue weighted by Gasteiger charge is -2.23. The molecule has 0 saturated heterocycles. The molecule has 0 fully saturated rings. The molecule has 39 heavy (non-hydrogen) atoms. The molecule has 0 saturated carbocycles. The van der Waals surface area contributed by atoms with Gasteiger partial charge in [-0.05, 0) is 60.9 Å². The van der Waals surface area contributed by atoms with Crippen molar-refractivity contribution in [3.63, 3.8) is 0 Å². The van der Waals surface area contributed by atoms with E-state index in [-0.39, 0.29) is 25.2 Å². The molecule has 0 radical (unpaired) electrons. The number of anilines is 2. The normalized spacial score (nSPS) is 18.2. The molecule has 1 N–H and O–H groups in total. The zero-order chi connectivity index (χ0) is 26.7. The van der Waals surface area contributed by atoms with Gasteiger partial charge in [0, 0.05) is 28.6 Å². The fraction of sp³-hybridized carbons (Fsp3) is 0.188. The second-order valence-electron chi connectivity index (χ2n) is 10.3. The van der Waals surface area contributed by atoms with Crippen LogP contribution in [0.25, 0.3) is 0 Å². The lowest BCUT2D eigenvalue weighted by Crippen LogP contribution is -2.42. The molecule has 7 heteroatoms. The van der Waals surface area contributed by atoms with Gasteiger partial charge in [-0.2, -0.15) is 0 Å². The van der Waals surface area contributed by atoms with E-state index in [0.29, 0.717) is 29.4 Å². The third-order valence-corrected chi connectivity index (χ3v) is 7.80.